The van der Waals surface area contributed by atoms with Crippen LogP contribution in [0, 0.1) is 0 Å². The predicted molar refractivity (Wildman–Crippen MR) is 243 cm³/mol. The van der Waals surface area contributed by atoms with Crippen LogP contribution in [0.4, 0.5) is 0 Å². The summed E-state index contributed by atoms with van der Waals surface area (Å²) in [7, 11) is 0. The third-order valence-corrected chi connectivity index (χ3v) is 15.3. The molecule has 21 aliphatic heterocycles. The van der Waals surface area contributed by atoms with Crippen molar-refractivity contribution in [1.29, 1.82) is 0 Å². The second-order valence-electron chi connectivity index (χ2n) is 20.5. The van der Waals surface area contributed by atoms with Crippen LogP contribution in [0.3, 0.4) is 0 Å². The predicted octanol–water partition coefficient (Wildman–Crippen LogP) is -15.7. The van der Waals surface area contributed by atoms with E-state index in [1.165, 1.54) is 0 Å². The molecule has 0 radical (unpaired) electrons. The van der Waals surface area contributed by atoms with Crippen LogP contribution in [0.5, 0.6) is 0 Å². The van der Waals surface area contributed by atoms with Gasteiger partial charge >= 0.3 is 0 Å². The van der Waals surface area contributed by atoms with E-state index in [1.807, 2.05) is 0 Å². The molecule has 35 atom stereocenters. The van der Waals surface area contributed by atoms with E-state index >= 15 is 0 Å². The Morgan fingerprint density at radius 1 is 0.237 bits per heavy atom. The van der Waals surface area contributed by atoms with E-state index in [9.17, 15) is 102 Å². The molecule has 21 heterocycles. The molecule has 23 N–H and O–H groups in total. The molecule has 80 heavy (non-hydrogen) atoms. The van der Waals surface area contributed by atoms with Gasteiger partial charge in [0.05, 0.1) is 39.6 Å². The van der Waals surface area contributed by atoms with Crippen molar-refractivity contribution in [3.05, 3.63) is 0 Å². The van der Waals surface area contributed by atoms with Crippen LogP contribution < -0.4 is 11.1 Å². The lowest BCUT2D eigenvalue weighted by molar-refractivity contribution is -0.396. The van der Waals surface area contributed by atoms with Gasteiger partial charge in [-0.25, -0.2) is 0 Å². The Morgan fingerprint density at radius 3 is 0.562 bits per heavy atom. The van der Waals surface area contributed by atoms with E-state index in [0.29, 0.717) is 0 Å². The van der Waals surface area contributed by atoms with E-state index in [-0.39, 0.29) is 19.6 Å². The number of hydrogen-bond acceptors (Lipinski definition) is 36. The summed E-state index contributed by atoms with van der Waals surface area (Å²) in [5.41, 5.74) is 5.66. The number of rotatable bonds is 10. The minimum atomic E-state index is -2.20. The lowest BCUT2D eigenvalue weighted by Crippen LogP contribution is -2.68. The standard InChI is InChI=1S/C44H76N2O34/c45-1-2-46-3-10-31-17(53)24(60)38(67-10)75-32-11(4-47)69-40(26(62)19(32)55)77-34-13(6-49)71-42(28(64)21(34)57)79-36-15(8-51)73-44(30(66)23(36)59)80-37-16(9-52)72-43(29(65)22(37)58)78-35-14(7-50)70-41(27(63)20(35)56)76-33-12(5-48)68-39(74-31)25(61)18(33)54/h10-44,46-66H,1-9,45H2/t10-,11-,12-,13-,14-,15-,16-,17-,18-,19+,20-,21+,22-,23-,24-,25-,26-,27-,28-,29-,30-,31-,32-,33-,34-,35-,36-,37-,38-,39-,40-,41-,42-,43-,44-/m1/s1. The minimum Gasteiger partial charge on any atom is -0.394 e. The van der Waals surface area contributed by atoms with Crippen LogP contribution in [0.1, 0.15) is 0 Å². The van der Waals surface area contributed by atoms with Crippen LogP contribution >= 0.6 is 0 Å². The fraction of sp³-hybridized carbons (Fsp3) is 1.00. The Morgan fingerprint density at radius 2 is 0.400 bits per heavy atom. The molecule has 0 spiro atoms. The van der Waals surface area contributed by atoms with Gasteiger partial charge < -0.3 is 179 Å². The highest BCUT2D eigenvalue weighted by Gasteiger charge is 2.59. The molecule has 0 saturated carbocycles. The van der Waals surface area contributed by atoms with Gasteiger partial charge in [-0.05, 0) is 0 Å². The van der Waals surface area contributed by atoms with Crippen molar-refractivity contribution in [2.75, 3.05) is 59.3 Å². The first-order valence-electron chi connectivity index (χ1n) is 25.9. The van der Waals surface area contributed by atoms with Gasteiger partial charge in [-0.3, -0.25) is 0 Å². The van der Waals surface area contributed by atoms with Gasteiger partial charge in [0.1, 0.15) is 171 Å². The molecule has 466 valence electrons. The maximum atomic E-state index is 11.6. The quantitative estimate of drug-likeness (QED) is 0.0903. The Balaban J connectivity index is 1.09. The van der Waals surface area contributed by atoms with Crippen LogP contribution in [0.25, 0.3) is 0 Å². The number of nitrogens with two attached hydrogens (primary N) is 1. The molecule has 0 aromatic carbocycles. The maximum absolute atomic E-state index is 11.6. The zero-order valence-corrected chi connectivity index (χ0v) is 42.3. The summed E-state index contributed by atoms with van der Waals surface area (Å²) in [5.74, 6) is 0. The molecule has 0 unspecified atom stereocenters. The minimum absolute atomic E-state index is 0.0733. The molecule has 0 aliphatic carbocycles. The topological polar surface area (TPSA) is 572 Å². The Kier molecular flexibility index (Phi) is 22.5. The fourth-order valence-electron chi connectivity index (χ4n) is 10.8. The van der Waals surface area contributed by atoms with Crippen molar-refractivity contribution in [2.24, 2.45) is 5.73 Å². The molecule has 14 bridgehead atoms. The number of hydrogen-bond donors (Lipinski definition) is 22. The highest BCUT2D eigenvalue weighted by molar-refractivity contribution is 5.02. The van der Waals surface area contributed by atoms with Crippen LogP contribution in [0.2, 0.25) is 0 Å². The number of aliphatic hydroxyl groups excluding tert-OH is 20. The first-order valence-corrected chi connectivity index (χ1v) is 25.9. The summed E-state index contributed by atoms with van der Waals surface area (Å²) >= 11 is 0. The summed E-state index contributed by atoms with van der Waals surface area (Å²) in [5, 5.41) is 225. The largest absolute Gasteiger partial charge is 0.394 e. The number of aliphatic hydroxyl groups is 20. The molecule has 36 heteroatoms. The van der Waals surface area contributed by atoms with Gasteiger partial charge in [0.25, 0.3) is 0 Å². The van der Waals surface area contributed by atoms with Crippen LogP contribution in [0.15, 0.2) is 0 Å². The van der Waals surface area contributed by atoms with E-state index in [2.05, 4.69) is 5.32 Å². The van der Waals surface area contributed by atoms with Crippen molar-refractivity contribution < 1.29 is 168 Å². The highest BCUT2D eigenvalue weighted by Crippen LogP contribution is 2.39. The van der Waals surface area contributed by atoms with E-state index in [4.69, 9.17) is 72.0 Å². The SMILES string of the molecule is NCCNC[C@H]1O[C@@H]2O[C@H]3[C@@H](O)[C@@H](O)[C@@H](O[C@H]4[C@@H](O)[C@@H](O)[C@@H](O[C@H]5[C@H](O)[C@@H](O)[C@@H](O[C@H]6[C@H](O)[C@@H](O)[C@@H](O[C@H]7[C@H](O)[C@@H](O)[C@@H](O[C@H]8[C@H](O)[C@@H](O)[C@@H](O[C@H]1[C@H](O)[C@H]2O)O[C@@H]8CO)O[C@@H]7CO)O[C@@H]6CO)O[C@@H]5CO)O[C@@H]4CO)O[C@@H]3CO. The van der Waals surface area contributed by atoms with Gasteiger partial charge in [0.15, 0.2) is 44.0 Å². The molecule has 21 rings (SSSR count). The lowest BCUT2D eigenvalue weighted by Gasteiger charge is -2.50. The smallest absolute Gasteiger partial charge is 0.187 e. The van der Waals surface area contributed by atoms with Crippen molar-refractivity contribution in [3.8, 4) is 0 Å². The van der Waals surface area contributed by atoms with Gasteiger partial charge in [-0.2, -0.15) is 0 Å². The van der Waals surface area contributed by atoms with E-state index in [0.717, 1.165) is 0 Å². The molecular formula is C44H76N2O34. The second-order valence-corrected chi connectivity index (χ2v) is 20.5. The van der Waals surface area contributed by atoms with Crippen molar-refractivity contribution in [2.45, 2.75) is 215 Å². The van der Waals surface area contributed by atoms with Gasteiger partial charge in [0.2, 0.25) is 0 Å². The Hall–Kier alpha value is -1.44. The number of nitrogens with one attached hydrogen (secondary N) is 1. The number of ether oxygens (including phenoxy) is 14. The molecule has 36 nitrogen and oxygen atoms in total. The molecular weight excluding hydrogens is 1100 g/mol. The van der Waals surface area contributed by atoms with Crippen molar-refractivity contribution >= 4 is 0 Å². The van der Waals surface area contributed by atoms with Crippen molar-refractivity contribution in [3.63, 3.8) is 0 Å². The Labute approximate surface area is 453 Å². The van der Waals surface area contributed by atoms with Gasteiger partial charge in [-0.1, -0.05) is 0 Å². The average molecular weight is 1180 g/mol. The third kappa shape index (κ3) is 13.0. The van der Waals surface area contributed by atoms with Gasteiger partial charge in [-0.15, -0.1) is 0 Å². The third-order valence-electron chi connectivity index (χ3n) is 15.3. The summed E-state index contributed by atoms with van der Waals surface area (Å²) in [6.45, 7) is -6.27. The lowest BCUT2D eigenvalue weighted by atomic mass is 9.95. The average Bonchev–Trinajstić information content (AvgIpc) is 3.50. The maximum Gasteiger partial charge on any atom is 0.187 e. The summed E-state index contributed by atoms with van der Waals surface area (Å²) in [6, 6.07) is 0. The Bertz CT molecular complexity index is 1880. The van der Waals surface area contributed by atoms with Gasteiger partial charge in [0, 0.05) is 19.6 Å². The van der Waals surface area contributed by atoms with E-state index < -0.39 is 255 Å². The van der Waals surface area contributed by atoms with Crippen LogP contribution in [-0.2, 0) is 66.3 Å². The molecule has 0 aromatic rings. The van der Waals surface area contributed by atoms with E-state index in [1.54, 1.807) is 0 Å². The van der Waals surface area contributed by atoms with Crippen molar-refractivity contribution in [1.82, 2.24) is 5.32 Å². The molecule has 0 aromatic heterocycles. The van der Waals surface area contributed by atoms with Crippen LogP contribution in [-0.4, -0.2) is 376 Å². The first kappa shape index (κ1) is 64.6. The molecule has 21 saturated heterocycles. The summed E-state index contributed by atoms with van der Waals surface area (Å²) in [4.78, 5) is 0. The first-order chi connectivity index (χ1) is 38.2. The summed E-state index contributed by atoms with van der Waals surface area (Å²) < 4.78 is 80.7. The normalized spacial score (nSPS) is 53.7. The zero-order chi connectivity index (χ0) is 58.2. The zero-order valence-electron chi connectivity index (χ0n) is 42.3. The molecule has 0 amide bonds. The molecule has 21 aliphatic rings. The molecule has 21 fully saturated rings. The second kappa shape index (κ2) is 27.9. The monoisotopic (exact) mass is 1180 g/mol. The summed E-state index contributed by atoms with van der Waals surface area (Å²) in [6.07, 6.45) is -69.1. The fourth-order valence-corrected chi connectivity index (χ4v) is 10.8. The highest BCUT2D eigenvalue weighted by atomic mass is 16.8.